The number of benzene rings is 1. The highest BCUT2D eigenvalue weighted by Gasteiger charge is 2.28. The van der Waals surface area contributed by atoms with E-state index in [0.717, 1.165) is 24.2 Å². The number of amides is 2. The van der Waals surface area contributed by atoms with Gasteiger partial charge in [-0.3, -0.25) is 4.79 Å². The molecule has 7 nitrogen and oxygen atoms in total. The SMILES string of the molecule is CC(C)Oc1ccc(CNC(=O)c2cccn2C2CCN(C(=O)OC(C)(C)C)CC2)cc1. The summed E-state index contributed by atoms with van der Waals surface area (Å²) in [6, 6.07) is 11.7. The third-order valence-electron chi connectivity index (χ3n) is 5.27. The highest BCUT2D eigenvalue weighted by atomic mass is 16.6. The molecule has 0 spiro atoms. The number of nitrogens with zero attached hydrogens (tertiary/aromatic N) is 2. The monoisotopic (exact) mass is 441 g/mol. The second kappa shape index (κ2) is 10.1. The van der Waals surface area contributed by atoms with Crippen LogP contribution in [0.4, 0.5) is 4.79 Å². The van der Waals surface area contributed by atoms with Gasteiger partial charge in [0.05, 0.1) is 6.10 Å². The average molecular weight is 442 g/mol. The summed E-state index contributed by atoms with van der Waals surface area (Å²) in [7, 11) is 0. The van der Waals surface area contributed by atoms with E-state index in [2.05, 4.69) is 5.32 Å². The van der Waals surface area contributed by atoms with Crippen LogP contribution in [0.15, 0.2) is 42.6 Å². The Labute approximate surface area is 190 Å². The lowest BCUT2D eigenvalue weighted by atomic mass is 10.0. The molecule has 2 amide bonds. The third-order valence-corrected chi connectivity index (χ3v) is 5.27. The van der Waals surface area contributed by atoms with Crippen molar-refractivity contribution in [2.75, 3.05) is 13.1 Å². The van der Waals surface area contributed by atoms with Crippen molar-refractivity contribution in [2.24, 2.45) is 0 Å². The van der Waals surface area contributed by atoms with E-state index in [4.69, 9.17) is 9.47 Å². The third kappa shape index (κ3) is 6.52. The molecule has 174 valence electrons. The lowest BCUT2D eigenvalue weighted by Gasteiger charge is -2.34. The van der Waals surface area contributed by atoms with Crippen LogP contribution in [0.3, 0.4) is 0 Å². The van der Waals surface area contributed by atoms with Gasteiger partial charge >= 0.3 is 6.09 Å². The van der Waals surface area contributed by atoms with Gasteiger partial charge in [0.1, 0.15) is 17.0 Å². The predicted molar refractivity (Wildman–Crippen MR) is 124 cm³/mol. The van der Waals surface area contributed by atoms with Gasteiger partial charge in [-0.1, -0.05) is 12.1 Å². The number of nitrogens with one attached hydrogen (secondary N) is 1. The van der Waals surface area contributed by atoms with Gasteiger partial charge in [0.25, 0.3) is 5.91 Å². The summed E-state index contributed by atoms with van der Waals surface area (Å²) in [5.41, 5.74) is 1.15. The first-order valence-corrected chi connectivity index (χ1v) is 11.3. The molecular formula is C25H35N3O4. The standard InChI is InChI=1S/C25H35N3O4/c1-18(2)31-21-10-8-19(9-11-21)17-26-23(29)22-7-6-14-28(22)20-12-15-27(16-13-20)24(30)32-25(3,4)5/h6-11,14,18,20H,12-13,15-17H2,1-5H3,(H,26,29). The number of ether oxygens (including phenoxy) is 2. The van der Waals surface area contributed by atoms with Gasteiger partial charge in [-0.2, -0.15) is 0 Å². The molecule has 0 atom stereocenters. The van der Waals surface area contributed by atoms with Crippen molar-refractivity contribution < 1.29 is 19.1 Å². The van der Waals surface area contributed by atoms with E-state index >= 15 is 0 Å². The normalized spacial score (nSPS) is 15.0. The van der Waals surface area contributed by atoms with Gasteiger partial charge in [-0.05, 0) is 77.3 Å². The van der Waals surface area contributed by atoms with Gasteiger partial charge in [0.2, 0.25) is 0 Å². The second-order valence-electron chi connectivity index (χ2n) is 9.49. The van der Waals surface area contributed by atoms with Crippen LogP contribution in [0.2, 0.25) is 0 Å². The number of aromatic nitrogens is 1. The van der Waals surface area contributed by atoms with Crippen molar-refractivity contribution in [3.8, 4) is 5.75 Å². The zero-order valence-electron chi connectivity index (χ0n) is 19.8. The molecule has 1 fully saturated rings. The molecule has 7 heteroatoms. The number of rotatable bonds is 6. The van der Waals surface area contributed by atoms with E-state index in [-0.39, 0.29) is 24.1 Å². The number of carbonyl (C=O) groups is 2. The van der Waals surface area contributed by atoms with Crippen LogP contribution in [0.5, 0.6) is 5.75 Å². The first-order valence-electron chi connectivity index (χ1n) is 11.3. The van der Waals surface area contributed by atoms with Crippen molar-refractivity contribution in [2.45, 2.75) is 71.8 Å². The zero-order chi connectivity index (χ0) is 23.3. The highest BCUT2D eigenvalue weighted by molar-refractivity contribution is 5.92. The van der Waals surface area contributed by atoms with Crippen molar-refractivity contribution >= 4 is 12.0 Å². The Balaban J connectivity index is 1.54. The molecule has 0 saturated carbocycles. The van der Waals surface area contributed by atoms with E-state index in [1.807, 2.05) is 81.8 Å². The summed E-state index contributed by atoms with van der Waals surface area (Å²) < 4.78 is 13.2. The maximum absolute atomic E-state index is 12.8. The summed E-state index contributed by atoms with van der Waals surface area (Å²) in [5.74, 6) is 0.716. The molecule has 1 aromatic carbocycles. The lowest BCUT2D eigenvalue weighted by Crippen LogP contribution is -2.42. The fourth-order valence-corrected chi connectivity index (χ4v) is 3.79. The maximum atomic E-state index is 12.8. The molecule has 1 aliphatic heterocycles. The maximum Gasteiger partial charge on any atom is 0.410 e. The van der Waals surface area contributed by atoms with Crippen LogP contribution in [-0.4, -0.2) is 46.3 Å². The summed E-state index contributed by atoms with van der Waals surface area (Å²) in [5, 5.41) is 3.01. The van der Waals surface area contributed by atoms with Crippen molar-refractivity contribution in [3.63, 3.8) is 0 Å². The number of hydrogen-bond donors (Lipinski definition) is 1. The minimum absolute atomic E-state index is 0.105. The minimum atomic E-state index is -0.499. The van der Waals surface area contributed by atoms with Crippen LogP contribution in [0.1, 0.15) is 69.6 Å². The van der Waals surface area contributed by atoms with Crippen LogP contribution in [0.25, 0.3) is 0 Å². The molecule has 3 rings (SSSR count). The van der Waals surface area contributed by atoms with Crippen LogP contribution >= 0.6 is 0 Å². The molecule has 1 aromatic heterocycles. The quantitative estimate of drug-likeness (QED) is 0.700. The van der Waals surface area contributed by atoms with Gasteiger partial charge in [-0.15, -0.1) is 0 Å². The summed E-state index contributed by atoms with van der Waals surface area (Å²) >= 11 is 0. The van der Waals surface area contributed by atoms with Crippen LogP contribution < -0.4 is 10.1 Å². The Morgan fingerprint density at radius 1 is 1.09 bits per heavy atom. The molecule has 2 aromatic rings. The summed E-state index contributed by atoms with van der Waals surface area (Å²) in [6.45, 7) is 11.3. The first-order chi connectivity index (χ1) is 15.1. The van der Waals surface area contributed by atoms with Gasteiger partial charge in [-0.25, -0.2) is 4.79 Å². The molecule has 0 unspecified atom stereocenters. The van der Waals surface area contributed by atoms with Crippen molar-refractivity contribution in [3.05, 3.63) is 53.9 Å². The van der Waals surface area contributed by atoms with Gasteiger partial charge in [0, 0.05) is 31.9 Å². The number of piperidine rings is 1. The minimum Gasteiger partial charge on any atom is -0.491 e. The Bertz CT molecular complexity index is 904. The van der Waals surface area contributed by atoms with Crippen molar-refractivity contribution in [1.29, 1.82) is 0 Å². The molecular weight excluding hydrogens is 406 g/mol. The fraction of sp³-hybridized carbons (Fsp3) is 0.520. The molecule has 0 bridgehead atoms. The molecule has 1 N–H and O–H groups in total. The topological polar surface area (TPSA) is 72.8 Å². The molecule has 1 aliphatic rings. The number of carbonyl (C=O) groups excluding carboxylic acids is 2. The zero-order valence-corrected chi connectivity index (χ0v) is 19.8. The van der Waals surface area contributed by atoms with E-state index in [1.54, 1.807) is 4.90 Å². The molecule has 1 saturated heterocycles. The first kappa shape index (κ1) is 23.7. The van der Waals surface area contributed by atoms with Gasteiger partial charge < -0.3 is 24.3 Å². The number of hydrogen-bond acceptors (Lipinski definition) is 4. The highest BCUT2D eigenvalue weighted by Crippen LogP contribution is 2.26. The second-order valence-corrected chi connectivity index (χ2v) is 9.49. The van der Waals surface area contributed by atoms with E-state index in [9.17, 15) is 9.59 Å². The Hall–Kier alpha value is -2.96. The molecule has 32 heavy (non-hydrogen) atoms. The predicted octanol–water partition coefficient (Wildman–Crippen LogP) is 4.78. The Kier molecular flexibility index (Phi) is 7.48. The van der Waals surface area contributed by atoms with Crippen LogP contribution in [-0.2, 0) is 11.3 Å². The Morgan fingerprint density at radius 3 is 2.34 bits per heavy atom. The number of likely N-dealkylation sites (tertiary alicyclic amines) is 1. The summed E-state index contributed by atoms with van der Waals surface area (Å²) in [6.07, 6.45) is 3.37. The van der Waals surface area contributed by atoms with E-state index in [1.165, 1.54) is 0 Å². The molecule has 0 radical (unpaired) electrons. The average Bonchev–Trinajstić information content (AvgIpc) is 3.21. The Morgan fingerprint density at radius 2 is 1.75 bits per heavy atom. The van der Waals surface area contributed by atoms with E-state index in [0.29, 0.717) is 25.3 Å². The largest absolute Gasteiger partial charge is 0.491 e. The van der Waals surface area contributed by atoms with Gasteiger partial charge in [0.15, 0.2) is 0 Å². The summed E-state index contributed by atoms with van der Waals surface area (Å²) in [4.78, 5) is 26.9. The molecule has 0 aliphatic carbocycles. The lowest BCUT2D eigenvalue weighted by molar-refractivity contribution is 0.0187. The smallest absolute Gasteiger partial charge is 0.410 e. The fourth-order valence-electron chi connectivity index (χ4n) is 3.79. The van der Waals surface area contributed by atoms with Crippen LogP contribution in [0, 0.1) is 0 Å². The van der Waals surface area contributed by atoms with Crippen molar-refractivity contribution in [1.82, 2.24) is 14.8 Å². The molecule has 2 heterocycles. The van der Waals surface area contributed by atoms with E-state index < -0.39 is 5.60 Å².